The van der Waals surface area contributed by atoms with Crippen molar-refractivity contribution >= 4 is 11.6 Å². The molecule has 0 nitrogen and oxygen atoms in total. The molecule has 0 bridgehead atoms. The summed E-state index contributed by atoms with van der Waals surface area (Å²) in [6.45, 7) is 2.28. The van der Waals surface area contributed by atoms with Crippen LogP contribution in [0.25, 0.3) is 0 Å². The minimum Gasteiger partial charge on any atom is -0.206 e. The molecule has 1 aliphatic carbocycles. The van der Waals surface area contributed by atoms with Crippen LogP contribution in [0.15, 0.2) is 42.5 Å². The molecule has 0 atom stereocenters. The summed E-state index contributed by atoms with van der Waals surface area (Å²) in [4.78, 5) is 0. The predicted molar refractivity (Wildman–Crippen MR) is 136 cm³/mol. The maximum Gasteiger partial charge on any atom is 0.140 e. The van der Waals surface area contributed by atoms with Gasteiger partial charge in [0.2, 0.25) is 0 Å². The molecular weight excluding hydrogens is 415 g/mol. The molecule has 0 amide bonds. The molecule has 0 N–H and O–H groups in total. The highest BCUT2D eigenvalue weighted by atomic mass is 35.5. The van der Waals surface area contributed by atoms with Gasteiger partial charge in [0.05, 0.1) is 5.56 Å². The van der Waals surface area contributed by atoms with Crippen LogP contribution in [0.3, 0.4) is 0 Å². The number of halogens is 2. The van der Waals surface area contributed by atoms with Crippen molar-refractivity contribution in [1.29, 1.82) is 0 Å². The van der Waals surface area contributed by atoms with Crippen LogP contribution >= 0.6 is 11.6 Å². The van der Waals surface area contributed by atoms with Crippen LogP contribution in [0.2, 0.25) is 5.02 Å². The fourth-order valence-corrected chi connectivity index (χ4v) is 5.08. The summed E-state index contributed by atoms with van der Waals surface area (Å²) in [6.07, 6.45) is 18.1. The van der Waals surface area contributed by atoms with E-state index in [9.17, 15) is 4.39 Å². The summed E-state index contributed by atoms with van der Waals surface area (Å²) < 4.78 is 13.9. The molecule has 2 aromatic rings. The summed E-state index contributed by atoms with van der Waals surface area (Å²) >= 11 is 5.80. The monoisotopic (exact) mass is 452 g/mol. The van der Waals surface area contributed by atoms with E-state index in [-0.39, 0.29) is 5.82 Å². The Morgan fingerprint density at radius 3 is 2.12 bits per heavy atom. The predicted octanol–water partition coefficient (Wildman–Crippen LogP) is 9.68. The fourth-order valence-electron chi connectivity index (χ4n) is 4.92. The minimum absolute atomic E-state index is 0.370. The van der Waals surface area contributed by atoms with Gasteiger partial charge in [-0.15, -0.1) is 0 Å². The van der Waals surface area contributed by atoms with E-state index >= 15 is 0 Å². The van der Waals surface area contributed by atoms with E-state index in [0.29, 0.717) is 16.5 Å². The number of rotatable bonds is 10. The third-order valence-corrected chi connectivity index (χ3v) is 7.20. The molecule has 0 radical (unpaired) electrons. The van der Waals surface area contributed by atoms with Gasteiger partial charge in [0, 0.05) is 10.6 Å². The number of hydrogen-bond donors (Lipinski definition) is 0. The Morgan fingerprint density at radius 2 is 1.47 bits per heavy atom. The minimum atomic E-state index is -0.370. The third kappa shape index (κ3) is 8.29. The summed E-state index contributed by atoms with van der Waals surface area (Å²) in [6, 6.07) is 13.2. The van der Waals surface area contributed by atoms with Gasteiger partial charge >= 0.3 is 0 Å². The second-order valence-electron chi connectivity index (χ2n) is 9.48. The van der Waals surface area contributed by atoms with Crippen molar-refractivity contribution in [2.45, 2.75) is 96.3 Å². The van der Waals surface area contributed by atoms with Gasteiger partial charge in [-0.2, -0.15) is 0 Å². The standard InChI is InChI=1S/C30H38ClF/c1-2-3-4-5-6-7-8-9-10-24-11-16-26(17-12-24)27-18-13-25(14-19-27)15-20-28-21-22-29(31)23-30(28)32/h13-14,18-19,21-24,26H,2-12,16-17H2,1H3. The summed E-state index contributed by atoms with van der Waals surface area (Å²) in [5.74, 6) is 7.24. The normalized spacial score (nSPS) is 18.2. The molecule has 0 aromatic heterocycles. The first-order valence-corrected chi connectivity index (χ1v) is 13.1. The molecule has 0 spiro atoms. The van der Waals surface area contributed by atoms with Gasteiger partial charge in [0.1, 0.15) is 5.82 Å². The highest BCUT2D eigenvalue weighted by molar-refractivity contribution is 6.30. The van der Waals surface area contributed by atoms with Crippen LogP contribution in [0.4, 0.5) is 4.39 Å². The molecular formula is C30H38ClF. The Labute approximate surface area is 200 Å². The van der Waals surface area contributed by atoms with Crippen molar-refractivity contribution in [3.63, 3.8) is 0 Å². The lowest BCUT2D eigenvalue weighted by Crippen LogP contribution is -2.13. The molecule has 2 heteroatoms. The first kappa shape index (κ1) is 24.9. The summed E-state index contributed by atoms with van der Waals surface area (Å²) in [5.41, 5.74) is 2.73. The Bertz CT molecular complexity index is 866. The summed E-state index contributed by atoms with van der Waals surface area (Å²) in [5, 5.41) is 0.393. The quantitative estimate of drug-likeness (QED) is 0.248. The van der Waals surface area contributed by atoms with Gasteiger partial charge in [0.15, 0.2) is 0 Å². The largest absolute Gasteiger partial charge is 0.206 e. The highest BCUT2D eigenvalue weighted by Gasteiger charge is 2.21. The van der Waals surface area contributed by atoms with Crippen LogP contribution in [0, 0.1) is 23.6 Å². The zero-order valence-corrected chi connectivity index (χ0v) is 20.4. The Hall–Kier alpha value is -1.78. The average Bonchev–Trinajstić information content (AvgIpc) is 2.81. The van der Waals surface area contributed by atoms with Crippen molar-refractivity contribution < 1.29 is 4.39 Å². The molecule has 1 fully saturated rings. The van der Waals surface area contributed by atoms with E-state index < -0.39 is 0 Å². The van der Waals surface area contributed by atoms with Crippen LogP contribution in [0.1, 0.15) is 113 Å². The Morgan fingerprint density at radius 1 is 0.812 bits per heavy atom. The van der Waals surface area contributed by atoms with Crippen molar-refractivity contribution in [2.75, 3.05) is 0 Å². The fraction of sp³-hybridized carbons (Fsp3) is 0.533. The van der Waals surface area contributed by atoms with Crippen LogP contribution in [-0.4, -0.2) is 0 Å². The van der Waals surface area contributed by atoms with Crippen molar-refractivity contribution in [3.05, 3.63) is 70.0 Å². The molecule has 1 aliphatic rings. The zero-order valence-electron chi connectivity index (χ0n) is 19.6. The van der Waals surface area contributed by atoms with Gasteiger partial charge in [0.25, 0.3) is 0 Å². The molecule has 3 rings (SSSR count). The van der Waals surface area contributed by atoms with Gasteiger partial charge in [-0.3, -0.25) is 0 Å². The van der Waals surface area contributed by atoms with Gasteiger partial charge in [-0.05, 0) is 73.4 Å². The molecule has 32 heavy (non-hydrogen) atoms. The second kappa shape index (κ2) is 13.7. The molecule has 0 unspecified atom stereocenters. The van der Waals surface area contributed by atoms with E-state index in [4.69, 9.17) is 11.6 Å². The van der Waals surface area contributed by atoms with E-state index in [2.05, 4.69) is 43.0 Å². The lowest BCUT2D eigenvalue weighted by atomic mass is 9.77. The molecule has 172 valence electrons. The number of benzene rings is 2. The van der Waals surface area contributed by atoms with E-state index in [1.54, 1.807) is 12.1 Å². The first-order valence-electron chi connectivity index (χ1n) is 12.7. The van der Waals surface area contributed by atoms with Gasteiger partial charge < -0.3 is 0 Å². The molecule has 1 saturated carbocycles. The number of hydrogen-bond acceptors (Lipinski definition) is 0. The Kier molecular flexibility index (Phi) is 10.6. The van der Waals surface area contributed by atoms with Gasteiger partial charge in [-0.1, -0.05) is 100 Å². The average molecular weight is 453 g/mol. The third-order valence-electron chi connectivity index (χ3n) is 6.97. The van der Waals surface area contributed by atoms with E-state index in [0.717, 1.165) is 11.5 Å². The zero-order chi connectivity index (χ0) is 22.6. The molecule has 0 saturated heterocycles. The molecule has 2 aromatic carbocycles. The second-order valence-corrected chi connectivity index (χ2v) is 9.91. The van der Waals surface area contributed by atoms with Crippen LogP contribution < -0.4 is 0 Å². The van der Waals surface area contributed by atoms with Crippen molar-refractivity contribution in [1.82, 2.24) is 0 Å². The lowest BCUT2D eigenvalue weighted by Gasteiger charge is -2.29. The smallest absolute Gasteiger partial charge is 0.140 e. The highest BCUT2D eigenvalue weighted by Crippen LogP contribution is 2.37. The van der Waals surface area contributed by atoms with Crippen molar-refractivity contribution in [3.8, 4) is 11.8 Å². The summed E-state index contributed by atoms with van der Waals surface area (Å²) in [7, 11) is 0. The van der Waals surface area contributed by atoms with Gasteiger partial charge in [-0.25, -0.2) is 4.39 Å². The maximum atomic E-state index is 13.9. The van der Waals surface area contributed by atoms with E-state index in [1.807, 2.05) is 0 Å². The van der Waals surface area contributed by atoms with Crippen LogP contribution in [-0.2, 0) is 0 Å². The van der Waals surface area contributed by atoms with Crippen LogP contribution in [0.5, 0.6) is 0 Å². The maximum absolute atomic E-state index is 13.9. The molecule has 0 heterocycles. The first-order chi connectivity index (χ1) is 15.7. The molecule has 0 aliphatic heterocycles. The number of unbranched alkanes of at least 4 members (excludes halogenated alkanes) is 7. The lowest BCUT2D eigenvalue weighted by molar-refractivity contribution is 0.301. The SMILES string of the molecule is CCCCCCCCCCC1CCC(c2ccc(C#Cc3ccc(Cl)cc3F)cc2)CC1. The van der Waals surface area contributed by atoms with Crippen molar-refractivity contribution in [2.24, 2.45) is 5.92 Å². The Balaban J connectivity index is 1.37. The van der Waals surface area contributed by atoms with E-state index in [1.165, 1.54) is 95.1 Å². The topological polar surface area (TPSA) is 0 Å².